The average molecular weight is 442 g/mol. The first kappa shape index (κ1) is 20.7. The topological polar surface area (TPSA) is 137 Å². The van der Waals surface area contributed by atoms with Crippen LogP contribution in [0.2, 0.25) is 0 Å². The number of amides is 1. The second-order valence-corrected chi connectivity index (χ2v) is 7.69. The number of benzene rings is 1. The summed E-state index contributed by atoms with van der Waals surface area (Å²) >= 11 is 0. The molecule has 1 aromatic carbocycles. The second kappa shape index (κ2) is 8.40. The highest BCUT2D eigenvalue weighted by Gasteiger charge is 2.15. The minimum Gasteiger partial charge on any atom is -0.436 e. The summed E-state index contributed by atoms with van der Waals surface area (Å²) in [7, 11) is 0. The van der Waals surface area contributed by atoms with Crippen molar-refractivity contribution in [3.8, 4) is 11.5 Å². The molecule has 0 radical (unpaired) electrons. The molecule has 3 N–H and O–H groups in total. The number of hydrogen-bond donors (Lipinski definition) is 2. The number of hydrogen-bond acceptors (Lipinski definition) is 8. The molecule has 10 heteroatoms. The van der Waals surface area contributed by atoms with Crippen LogP contribution in [0.1, 0.15) is 29.2 Å². The number of carbonyl (C=O) groups excluding carboxylic acids is 1. The lowest BCUT2D eigenvalue weighted by Gasteiger charge is -2.10. The molecule has 0 spiro atoms. The first-order valence-electron chi connectivity index (χ1n) is 10.5. The number of oxazole rings is 1. The SMILES string of the molecule is Cc1nc2nc(CN)nn2c(C)c1CCC(=O)Nc1ccc2oc(-c3ccncc3)nc2c1. The van der Waals surface area contributed by atoms with E-state index in [-0.39, 0.29) is 12.5 Å². The molecule has 0 saturated carbocycles. The fourth-order valence-corrected chi connectivity index (χ4v) is 3.78. The first-order valence-corrected chi connectivity index (χ1v) is 10.5. The van der Waals surface area contributed by atoms with Gasteiger partial charge in [0.1, 0.15) is 5.52 Å². The molecule has 1 amide bonds. The van der Waals surface area contributed by atoms with Crippen molar-refractivity contribution in [3.05, 3.63) is 65.5 Å². The predicted octanol–water partition coefficient (Wildman–Crippen LogP) is 2.97. The normalized spacial score (nSPS) is 11.4. The molecule has 10 nitrogen and oxygen atoms in total. The molecule has 4 heterocycles. The summed E-state index contributed by atoms with van der Waals surface area (Å²) in [4.78, 5) is 30.0. The lowest BCUT2D eigenvalue weighted by atomic mass is 10.1. The minimum absolute atomic E-state index is 0.104. The van der Waals surface area contributed by atoms with Gasteiger partial charge in [0, 0.05) is 41.5 Å². The Morgan fingerprint density at radius 2 is 1.94 bits per heavy atom. The van der Waals surface area contributed by atoms with Crippen molar-refractivity contribution >= 4 is 28.5 Å². The van der Waals surface area contributed by atoms with Gasteiger partial charge < -0.3 is 15.5 Å². The van der Waals surface area contributed by atoms with Crippen LogP contribution in [0.3, 0.4) is 0 Å². The zero-order chi connectivity index (χ0) is 22.9. The molecular weight excluding hydrogens is 420 g/mol. The van der Waals surface area contributed by atoms with Gasteiger partial charge in [-0.25, -0.2) is 14.5 Å². The molecule has 0 fully saturated rings. The number of nitrogens with one attached hydrogen (secondary N) is 1. The molecule has 0 atom stereocenters. The zero-order valence-electron chi connectivity index (χ0n) is 18.2. The Kier molecular flexibility index (Phi) is 5.27. The molecule has 5 aromatic rings. The highest BCUT2D eigenvalue weighted by molar-refractivity contribution is 5.93. The number of nitrogens with two attached hydrogens (primary N) is 1. The molecule has 0 saturated heterocycles. The maximum absolute atomic E-state index is 12.7. The molecule has 0 aliphatic rings. The number of anilines is 1. The van der Waals surface area contributed by atoms with Gasteiger partial charge in [0.2, 0.25) is 11.8 Å². The molecular formula is C23H22N8O2. The van der Waals surface area contributed by atoms with Crippen molar-refractivity contribution in [1.29, 1.82) is 0 Å². The molecule has 5 rings (SSSR count). The largest absolute Gasteiger partial charge is 0.436 e. The molecule has 0 unspecified atom stereocenters. The van der Waals surface area contributed by atoms with E-state index >= 15 is 0 Å². The Labute approximate surface area is 188 Å². The highest BCUT2D eigenvalue weighted by atomic mass is 16.3. The van der Waals surface area contributed by atoms with Crippen LogP contribution in [0.25, 0.3) is 28.3 Å². The van der Waals surface area contributed by atoms with Gasteiger partial charge in [0.15, 0.2) is 11.4 Å². The van der Waals surface area contributed by atoms with Crippen molar-refractivity contribution in [1.82, 2.24) is 29.5 Å². The molecule has 33 heavy (non-hydrogen) atoms. The number of aromatic nitrogens is 6. The van der Waals surface area contributed by atoms with E-state index in [0.717, 1.165) is 22.5 Å². The van der Waals surface area contributed by atoms with E-state index in [1.807, 2.05) is 26.0 Å². The summed E-state index contributed by atoms with van der Waals surface area (Å²) in [5.41, 5.74) is 11.2. The number of pyridine rings is 1. The molecule has 0 aliphatic carbocycles. The van der Waals surface area contributed by atoms with E-state index in [1.165, 1.54) is 0 Å². The van der Waals surface area contributed by atoms with Crippen LogP contribution >= 0.6 is 0 Å². The van der Waals surface area contributed by atoms with E-state index in [0.29, 0.717) is 47.1 Å². The summed E-state index contributed by atoms with van der Waals surface area (Å²) in [5, 5.41) is 7.32. The monoisotopic (exact) mass is 442 g/mol. The van der Waals surface area contributed by atoms with Gasteiger partial charge in [-0.15, -0.1) is 5.10 Å². The van der Waals surface area contributed by atoms with Crippen molar-refractivity contribution in [2.24, 2.45) is 5.73 Å². The molecule has 0 aliphatic heterocycles. The van der Waals surface area contributed by atoms with Gasteiger partial charge >= 0.3 is 0 Å². The third kappa shape index (κ3) is 4.03. The van der Waals surface area contributed by atoms with Gasteiger partial charge in [-0.2, -0.15) is 4.98 Å². The quantitative estimate of drug-likeness (QED) is 0.409. The zero-order valence-corrected chi connectivity index (χ0v) is 18.2. The number of rotatable bonds is 6. The standard InChI is InChI=1S/C23H22N8O2/c1-13-17(14(2)31-23(26-13)29-20(12-24)30-31)4-6-21(32)27-16-3-5-19-18(11-16)28-22(33-19)15-7-9-25-10-8-15/h3,5,7-11H,4,6,12,24H2,1-2H3,(H,27,32). The summed E-state index contributed by atoms with van der Waals surface area (Å²) in [6.07, 6.45) is 4.20. The fraction of sp³-hybridized carbons (Fsp3) is 0.217. The van der Waals surface area contributed by atoms with E-state index in [2.05, 4.69) is 30.4 Å². The van der Waals surface area contributed by atoms with Crippen LogP contribution in [0, 0.1) is 13.8 Å². The fourth-order valence-electron chi connectivity index (χ4n) is 3.78. The average Bonchev–Trinajstić information content (AvgIpc) is 3.43. The van der Waals surface area contributed by atoms with Crippen LogP contribution in [0.4, 0.5) is 5.69 Å². The van der Waals surface area contributed by atoms with Crippen LogP contribution in [0.5, 0.6) is 0 Å². The number of fused-ring (bicyclic) bond motifs is 2. The second-order valence-electron chi connectivity index (χ2n) is 7.69. The highest BCUT2D eigenvalue weighted by Crippen LogP contribution is 2.26. The van der Waals surface area contributed by atoms with E-state index in [4.69, 9.17) is 10.2 Å². The predicted molar refractivity (Wildman–Crippen MR) is 122 cm³/mol. The minimum atomic E-state index is -0.104. The van der Waals surface area contributed by atoms with Gasteiger partial charge in [-0.3, -0.25) is 9.78 Å². The maximum Gasteiger partial charge on any atom is 0.252 e. The maximum atomic E-state index is 12.7. The number of carbonyl (C=O) groups is 1. The van der Waals surface area contributed by atoms with Crippen LogP contribution in [-0.4, -0.2) is 35.5 Å². The van der Waals surface area contributed by atoms with Crippen molar-refractivity contribution in [2.45, 2.75) is 33.2 Å². The van der Waals surface area contributed by atoms with Gasteiger partial charge in [0.25, 0.3) is 5.78 Å². The van der Waals surface area contributed by atoms with Gasteiger partial charge in [-0.1, -0.05) is 0 Å². The first-order chi connectivity index (χ1) is 16.0. The number of nitrogens with zero attached hydrogens (tertiary/aromatic N) is 6. The van der Waals surface area contributed by atoms with Crippen LogP contribution in [0.15, 0.2) is 47.1 Å². The summed E-state index contributed by atoms with van der Waals surface area (Å²) < 4.78 is 7.49. The van der Waals surface area contributed by atoms with E-state index in [1.54, 1.807) is 35.1 Å². The van der Waals surface area contributed by atoms with Crippen molar-refractivity contribution in [2.75, 3.05) is 5.32 Å². The Morgan fingerprint density at radius 3 is 2.73 bits per heavy atom. The third-order valence-electron chi connectivity index (χ3n) is 5.48. The van der Waals surface area contributed by atoms with E-state index in [9.17, 15) is 4.79 Å². The Bertz CT molecular complexity index is 1470. The number of aryl methyl sites for hydroxylation is 2. The van der Waals surface area contributed by atoms with Crippen molar-refractivity contribution in [3.63, 3.8) is 0 Å². The summed E-state index contributed by atoms with van der Waals surface area (Å²) in [6, 6.07) is 9.07. The Hall–Kier alpha value is -4.18. The van der Waals surface area contributed by atoms with Crippen molar-refractivity contribution < 1.29 is 9.21 Å². The summed E-state index contributed by atoms with van der Waals surface area (Å²) in [5.74, 6) is 1.46. The van der Waals surface area contributed by atoms with Gasteiger partial charge in [-0.05, 0) is 56.2 Å². The van der Waals surface area contributed by atoms with Gasteiger partial charge in [0.05, 0.1) is 6.54 Å². The van der Waals surface area contributed by atoms with Crippen LogP contribution in [-0.2, 0) is 17.8 Å². The van der Waals surface area contributed by atoms with E-state index < -0.39 is 0 Å². The Balaban J connectivity index is 1.30. The molecule has 4 aromatic heterocycles. The smallest absolute Gasteiger partial charge is 0.252 e. The molecule has 0 bridgehead atoms. The Morgan fingerprint density at radius 1 is 1.12 bits per heavy atom. The van der Waals surface area contributed by atoms with Crippen LogP contribution < -0.4 is 11.1 Å². The third-order valence-corrected chi connectivity index (χ3v) is 5.48. The lowest BCUT2D eigenvalue weighted by Crippen LogP contribution is -2.14. The summed E-state index contributed by atoms with van der Waals surface area (Å²) in [6.45, 7) is 4.11. The molecule has 166 valence electrons. The lowest BCUT2D eigenvalue weighted by molar-refractivity contribution is -0.116.